The SMILES string of the molecule is CC1C(O)[C@@H]([C@@H](CCCN=[N+]=[N-])OCc2ccccc2)O[C@H]1n1ccc(=O)[nH]c1=O. The Labute approximate surface area is 172 Å². The molecule has 10 nitrogen and oxygen atoms in total. The standard InChI is InChI=1S/C20H25N5O5/c1-13-17(27)18(30-19(13)25-11-9-16(26)23-20(25)28)15(8-5-10-22-24-21)29-12-14-6-3-2-4-7-14/h2-4,6-7,9,11,13,15,17-19,27H,5,8,10,12H2,1H3,(H,23,26,28)/t13?,15-,17?,18-,19-/m1/s1. The van der Waals surface area contributed by atoms with E-state index in [4.69, 9.17) is 15.0 Å². The smallest absolute Gasteiger partial charge is 0.330 e. The zero-order valence-corrected chi connectivity index (χ0v) is 16.6. The minimum atomic E-state index is -0.880. The van der Waals surface area contributed by atoms with Gasteiger partial charge in [-0.05, 0) is 23.9 Å². The summed E-state index contributed by atoms with van der Waals surface area (Å²) in [5.74, 6) is -0.404. The zero-order chi connectivity index (χ0) is 21.5. The second-order valence-corrected chi connectivity index (χ2v) is 7.29. The Bertz CT molecular complexity index is 985. The monoisotopic (exact) mass is 415 g/mol. The summed E-state index contributed by atoms with van der Waals surface area (Å²) in [6.07, 6.45) is -0.345. The van der Waals surface area contributed by atoms with Crippen molar-refractivity contribution in [1.29, 1.82) is 0 Å². The van der Waals surface area contributed by atoms with Gasteiger partial charge in [-0.2, -0.15) is 0 Å². The Morgan fingerprint density at radius 2 is 2.10 bits per heavy atom. The number of H-pyrrole nitrogens is 1. The predicted octanol–water partition coefficient (Wildman–Crippen LogP) is 2.11. The number of nitrogens with one attached hydrogen (secondary N) is 1. The van der Waals surface area contributed by atoms with Crippen LogP contribution >= 0.6 is 0 Å². The number of rotatable bonds is 9. The fourth-order valence-electron chi connectivity index (χ4n) is 3.62. The van der Waals surface area contributed by atoms with Gasteiger partial charge in [-0.3, -0.25) is 14.3 Å². The van der Waals surface area contributed by atoms with E-state index in [2.05, 4.69) is 15.0 Å². The maximum Gasteiger partial charge on any atom is 0.330 e. The van der Waals surface area contributed by atoms with Gasteiger partial charge in [-0.25, -0.2) is 4.79 Å². The number of benzene rings is 1. The van der Waals surface area contributed by atoms with Crippen LogP contribution in [0.15, 0.2) is 57.3 Å². The maximum absolute atomic E-state index is 12.2. The average molecular weight is 415 g/mol. The predicted molar refractivity (Wildman–Crippen MR) is 109 cm³/mol. The van der Waals surface area contributed by atoms with Crippen molar-refractivity contribution in [2.75, 3.05) is 6.54 Å². The first kappa shape index (κ1) is 21.8. The van der Waals surface area contributed by atoms with Gasteiger partial charge in [-0.15, -0.1) is 0 Å². The minimum absolute atomic E-state index is 0.308. The Kier molecular flexibility index (Phi) is 7.42. The van der Waals surface area contributed by atoms with E-state index in [1.54, 1.807) is 6.92 Å². The lowest BCUT2D eigenvalue weighted by molar-refractivity contribution is -0.115. The molecule has 0 radical (unpaired) electrons. The number of hydrogen-bond acceptors (Lipinski definition) is 6. The van der Waals surface area contributed by atoms with Crippen LogP contribution in [0.25, 0.3) is 10.4 Å². The summed E-state index contributed by atoms with van der Waals surface area (Å²) in [6.45, 7) is 2.42. The van der Waals surface area contributed by atoms with E-state index >= 15 is 0 Å². The third-order valence-corrected chi connectivity index (χ3v) is 5.23. The third kappa shape index (κ3) is 5.17. The van der Waals surface area contributed by atoms with E-state index in [1.807, 2.05) is 30.3 Å². The Morgan fingerprint density at radius 3 is 2.80 bits per heavy atom. The molecule has 0 spiro atoms. The molecular weight excluding hydrogens is 390 g/mol. The van der Waals surface area contributed by atoms with E-state index in [0.29, 0.717) is 26.0 Å². The molecule has 0 bridgehead atoms. The molecule has 2 N–H and O–H groups in total. The van der Waals surface area contributed by atoms with Gasteiger partial charge in [0, 0.05) is 29.6 Å². The number of nitrogens with zero attached hydrogens (tertiary/aromatic N) is 4. The molecule has 3 rings (SSSR count). The lowest BCUT2D eigenvalue weighted by Crippen LogP contribution is -2.38. The largest absolute Gasteiger partial charge is 0.390 e. The van der Waals surface area contributed by atoms with Gasteiger partial charge in [0.2, 0.25) is 0 Å². The second kappa shape index (κ2) is 10.2. The molecule has 30 heavy (non-hydrogen) atoms. The summed E-state index contributed by atoms with van der Waals surface area (Å²) in [4.78, 5) is 28.5. The van der Waals surface area contributed by atoms with Crippen molar-refractivity contribution in [3.05, 3.63) is 79.4 Å². The molecular formula is C20H25N5O5. The number of aromatic nitrogens is 2. The summed E-state index contributed by atoms with van der Waals surface area (Å²) in [5.41, 5.74) is 8.36. The van der Waals surface area contributed by atoms with E-state index in [1.165, 1.54) is 16.8 Å². The summed E-state index contributed by atoms with van der Waals surface area (Å²) in [7, 11) is 0. The molecule has 2 unspecified atom stereocenters. The number of ether oxygens (including phenoxy) is 2. The zero-order valence-electron chi connectivity index (χ0n) is 16.6. The van der Waals surface area contributed by atoms with Gasteiger partial charge in [-0.1, -0.05) is 42.4 Å². The fourth-order valence-corrected chi connectivity index (χ4v) is 3.62. The van der Waals surface area contributed by atoms with Gasteiger partial charge in [0.25, 0.3) is 5.56 Å². The third-order valence-electron chi connectivity index (χ3n) is 5.23. The van der Waals surface area contributed by atoms with E-state index in [0.717, 1.165) is 5.56 Å². The molecule has 0 amide bonds. The highest BCUT2D eigenvalue weighted by Crippen LogP contribution is 2.36. The second-order valence-electron chi connectivity index (χ2n) is 7.29. The van der Waals surface area contributed by atoms with Crippen molar-refractivity contribution in [2.24, 2.45) is 11.0 Å². The van der Waals surface area contributed by atoms with Crippen LogP contribution in [0.3, 0.4) is 0 Å². The van der Waals surface area contributed by atoms with Gasteiger partial charge >= 0.3 is 5.69 Å². The van der Waals surface area contributed by atoms with Crippen LogP contribution in [0.4, 0.5) is 0 Å². The lowest BCUT2D eigenvalue weighted by Gasteiger charge is -2.26. The normalized spacial score (nSPS) is 24.3. The molecule has 0 saturated carbocycles. The Hall–Kier alpha value is -2.91. The number of aliphatic hydroxyl groups is 1. The van der Waals surface area contributed by atoms with Gasteiger partial charge < -0.3 is 14.6 Å². The Balaban J connectivity index is 1.77. The molecule has 1 fully saturated rings. The summed E-state index contributed by atoms with van der Waals surface area (Å²) >= 11 is 0. The van der Waals surface area contributed by atoms with Crippen molar-refractivity contribution in [3.63, 3.8) is 0 Å². The quantitative estimate of drug-likeness (QED) is 0.279. The van der Waals surface area contributed by atoms with E-state index < -0.39 is 41.7 Å². The lowest BCUT2D eigenvalue weighted by atomic mass is 9.96. The number of azide groups is 1. The van der Waals surface area contributed by atoms with Crippen LogP contribution in [-0.2, 0) is 16.1 Å². The summed E-state index contributed by atoms with van der Waals surface area (Å²) < 4.78 is 13.4. The minimum Gasteiger partial charge on any atom is -0.390 e. The highest BCUT2D eigenvalue weighted by Gasteiger charge is 2.46. The molecule has 160 valence electrons. The fraction of sp³-hybridized carbons (Fsp3) is 0.500. The highest BCUT2D eigenvalue weighted by molar-refractivity contribution is 5.13. The average Bonchev–Trinajstić information content (AvgIpc) is 3.03. The van der Waals surface area contributed by atoms with E-state index in [-0.39, 0.29) is 0 Å². The van der Waals surface area contributed by atoms with Crippen LogP contribution in [-0.4, -0.2) is 39.5 Å². The van der Waals surface area contributed by atoms with Crippen molar-refractivity contribution in [2.45, 2.75) is 50.9 Å². The first-order valence-electron chi connectivity index (χ1n) is 9.82. The van der Waals surface area contributed by atoms with Crippen LogP contribution < -0.4 is 11.2 Å². The first-order chi connectivity index (χ1) is 14.5. The van der Waals surface area contributed by atoms with E-state index in [9.17, 15) is 14.7 Å². The molecule has 2 heterocycles. The topological polar surface area (TPSA) is 142 Å². The molecule has 1 aliphatic rings. The number of aromatic amines is 1. The van der Waals surface area contributed by atoms with Crippen molar-refractivity contribution in [3.8, 4) is 0 Å². The van der Waals surface area contributed by atoms with Gasteiger partial charge in [0.05, 0.1) is 18.8 Å². The van der Waals surface area contributed by atoms with Crippen LogP contribution in [0.2, 0.25) is 0 Å². The summed E-state index contributed by atoms with van der Waals surface area (Å²) in [5, 5.41) is 14.4. The first-order valence-corrected chi connectivity index (χ1v) is 9.82. The number of hydrogen-bond donors (Lipinski definition) is 2. The van der Waals surface area contributed by atoms with Crippen molar-refractivity contribution in [1.82, 2.24) is 9.55 Å². The van der Waals surface area contributed by atoms with Crippen LogP contribution in [0.5, 0.6) is 0 Å². The molecule has 1 aromatic heterocycles. The molecule has 5 atom stereocenters. The van der Waals surface area contributed by atoms with Gasteiger partial charge in [0.15, 0.2) is 0 Å². The van der Waals surface area contributed by atoms with Crippen molar-refractivity contribution >= 4 is 0 Å². The highest BCUT2D eigenvalue weighted by atomic mass is 16.6. The molecule has 1 aliphatic heterocycles. The molecule has 2 aromatic rings. The van der Waals surface area contributed by atoms with Crippen LogP contribution in [0.1, 0.15) is 31.6 Å². The van der Waals surface area contributed by atoms with Crippen molar-refractivity contribution < 1.29 is 14.6 Å². The molecule has 1 saturated heterocycles. The van der Waals surface area contributed by atoms with Gasteiger partial charge in [0.1, 0.15) is 12.3 Å². The molecule has 0 aliphatic carbocycles. The van der Waals surface area contributed by atoms with Crippen LogP contribution in [0, 0.1) is 5.92 Å². The molecule has 1 aromatic carbocycles. The molecule has 10 heteroatoms. The Morgan fingerprint density at radius 1 is 1.33 bits per heavy atom. The summed E-state index contributed by atoms with van der Waals surface area (Å²) in [6, 6.07) is 10.9. The maximum atomic E-state index is 12.2. The number of aliphatic hydroxyl groups excluding tert-OH is 1.